The number of hydrogen-bond donors (Lipinski definition) is 1. The van der Waals surface area contributed by atoms with Gasteiger partial charge in [0.05, 0.1) is 25.5 Å². The summed E-state index contributed by atoms with van der Waals surface area (Å²) in [6.45, 7) is 3.11. The topological polar surface area (TPSA) is 72.1 Å². The second-order valence-electron chi connectivity index (χ2n) is 7.12. The van der Waals surface area contributed by atoms with Crippen molar-refractivity contribution in [1.82, 2.24) is 4.90 Å². The first-order chi connectivity index (χ1) is 14.5. The standard InChI is InChI=1S/C24H27NO5/c1-18(26)23-10-3-4-11-24(23)30-17-20(27)15-25(16-22-9-6-12-29-22)14-19-7-5-8-21(13-19)28-2/h3-13,20,27H,14-17H2,1-2H3. The SMILES string of the molecule is COc1cccc(CN(Cc2ccco2)CC(O)COc2ccccc2C(C)=O)c1. The summed E-state index contributed by atoms with van der Waals surface area (Å²) in [4.78, 5) is 13.8. The molecule has 30 heavy (non-hydrogen) atoms. The van der Waals surface area contributed by atoms with E-state index in [4.69, 9.17) is 13.9 Å². The highest BCUT2D eigenvalue weighted by molar-refractivity contribution is 5.96. The number of rotatable bonds is 11. The molecule has 0 spiro atoms. The van der Waals surface area contributed by atoms with Gasteiger partial charge in [-0.25, -0.2) is 0 Å². The molecule has 0 amide bonds. The van der Waals surface area contributed by atoms with Crippen molar-refractivity contribution in [2.75, 3.05) is 20.3 Å². The van der Waals surface area contributed by atoms with Crippen molar-refractivity contribution >= 4 is 5.78 Å². The van der Waals surface area contributed by atoms with Crippen LogP contribution in [0.5, 0.6) is 11.5 Å². The number of carbonyl (C=O) groups is 1. The number of ketones is 1. The lowest BCUT2D eigenvalue weighted by Crippen LogP contribution is -2.35. The van der Waals surface area contributed by atoms with E-state index >= 15 is 0 Å². The van der Waals surface area contributed by atoms with Gasteiger partial charge in [-0.3, -0.25) is 9.69 Å². The molecule has 0 aliphatic heterocycles. The summed E-state index contributed by atoms with van der Waals surface area (Å²) in [5.74, 6) is 2.01. The van der Waals surface area contributed by atoms with Crippen LogP contribution in [0.3, 0.4) is 0 Å². The zero-order chi connectivity index (χ0) is 21.3. The van der Waals surface area contributed by atoms with Crippen LogP contribution in [0.2, 0.25) is 0 Å². The Bertz CT molecular complexity index is 938. The fourth-order valence-corrected chi connectivity index (χ4v) is 3.26. The van der Waals surface area contributed by atoms with E-state index in [1.54, 1.807) is 37.6 Å². The number of hydrogen-bond acceptors (Lipinski definition) is 6. The number of Topliss-reactive ketones (excluding diaryl/α,β-unsaturated/α-hetero) is 1. The van der Waals surface area contributed by atoms with Crippen LogP contribution < -0.4 is 9.47 Å². The zero-order valence-electron chi connectivity index (χ0n) is 17.3. The molecule has 1 unspecified atom stereocenters. The van der Waals surface area contributed by atoms with Crippen molar-refractivity contribution in [1.29, 1.82) is 0 Å². The fourth-order valence-electron chi connectivity index (χ4n) is 3.26. The van der Waals surface area contributed by atoms with E-state index in [0.29, 0.717) is 30.9 Å². The predicted molar refractivity (Wildman–Crippen MR) is 114 cm³/mol. The number of carbonyl (C=O) groups excluding carboxylic acids is 1. The largest absolute Gasteiger partial charge is 0.497 e. The van der Waals surface area contributed by atoms with E-state index in [2.05, 4.69) is 4.90 Å². The van der Waals surface area contributed by atoms with E-state index in [1.165, 1.54) is 6.92 Å². The number of benzene rings is 2. The van der Waals surface area contributed by atoms with Crippen LogP contribution in [-0.4, -0.2) is 42.2 Å². The molecule has 3 rings (SSSR count). The highest BCUT2D eigenvalue weighted by Crippen LogP contribution is 2.19. The van der Waals surface area contributed by atoms with Gasteiger partial charge in [-0.1, -0.05) is 24.3 Å². The third-order valence-electron chi connectivity index (χ3n) is 4.67. The first kappa shape index (κ1) is 21.6. The minimum Gasteiger partial charge on any atom is -0.497 e. The summed E-state index contributed by atoms with van der Waals surface area (Å²) in [5, 5.41) is 10.6. The molecule has 1 atom stereocenters. The van der Waals surface area contributed by atoms with Crippen molar-refractivity contribution in [3.8, 4) is 11.5 Å². The van der Waals surface area contributed by atoms with E-state index in [9.17, 15) is 9.90 Å². The second kappa shape index (κ2) is 10.6. The predicted octanol–water partition coefficient (Wildman–Crippen LogP) is 3.93. The molecule has 0 saturated heterocycles. The summed E-state index contributed by atoms with van der Waals surface area (Å²) in [6.07, 6.45) is 0.891. The summed E-state index contributed by atoms with van der Waals surface area (Å²) < 4.78 is 16.5. The van der Waals surface area contributed by atoms with Gasteiger partial charge >= 0.3 is 0 Å². The van der Waals surface area contributed by atoms with Crippen molar-refractivity contribution in [2.45, 2.75) is 26.1 Å². The average Bonchev–Trinajstić information content (AvgIpc) is 3.25. The smallest absolute Gasteiger partial charge is 0.163 e. The lowest BCUT2D eigenvalue weighted by Gasteiger charge is -2.25. The number of methoxy groups -OCH3 is 1. The average molecular weight is 409 g/mol. The van der Waals surface area contributed by atoms with Crippen molar-refractivity contribution in [2.24, 2.45) is 0 Å². The quantitative estimate of drug-likeness (QED) is 0.484. The number of para-hydroxylation sites is 1. The minimum absolute atomic E-state index is 0.0717. The molecule has 6 heteroatoms. The lowest BCUT2D eigenvalue weighted by molar-refractivity contribution is 0.0599. The van der Waals surface area contributed by atoms with Crippen LogP contribution in [-0.2, 0) is 13.1 Å². The van der Waals surface area contributed by atoms with Crippen molar-refractivity contribution < 1.29 is 23.8 Å². The van der Waals surface area contributed by atoms with Gasteiger partial charge in [0.1, 0.15) is 30.0 Å². The molecule has 0 fully saturated rings. The molecule has 3 aromatic rings. The van der Waals surface area contributed by atoms with Gasteiger partial charge in [-0.05, 0) is 48.9 Å². The Labute approximate surface area is 176 Å². The molecule has 1 heterocycles. The summed E-state index contributed by atoms with van der Waals surface area (Å²) in [7, 11) is 1.64. The number of nitrogens with zero attached hydrogens (tertiary/aromatic N) is 1. The van der Waals surface area contributed by atoms with Crippen LogP contribution in [0, 0.1) is 0 Å². The number of ether oxygens (including phenoxy) is 2. The third-order valence-corrected chi connectivity index (χ3v) is 4.67. The number of aliphatic hydroxyl groups is 1. The Hall–Kier alpha value is -3.09. The third kappa shape index (κ3) is 6.20. The van der Waals surface area contributed by atoms with Crippen molar-refractivity contribution in [3.05, 3.63) is 83.8 Å². The molecular formula is C24H27NO5. The number of furan rings is 1. The highest BCUT2D eigenvalue weighted by Gasteiger charge is 2.16. The molecule has 1 aromatic heterocycles. The zero-order valence-corrected chi connectivity index (χ0v) is 17.3. The Morgan fingerprint density at radius 2 is 1.93 bits per heavy atom. The summed E-state index contributed by atoms with van der Waals surface area (Å²) >= 11 is 0. The first-order valence-corrected chi connectivity index (χ1v) is 9.83. The van der Waals surface area contributed by atoms with Crippen LogP contribution in [0.15, 0.2) is 71.3 Å². The molecule has 1 N–H and O–H groups in total. The van der Waals surface area contributed by atoms with E-state index in [0.717, 1.165) is 17.1 Å². The van der Waals surface area contributed by atoms with Gasteiger partial charge in [0, 0.05) is 13.1 Å². The molecule has 158 valence electrons. The maximum absolute atomic E-state index is 11.8. The highest BCUT2D eigenvalue weighted by atomic mass is 16.5. The second-order valence-corrected chi connectivity index (χ2v) is 7.12. The van der Waals surface area contributed by atoms with Crippen molar-refractivity contribution in [3.63, 3.8) is 0 Å². The van der Waals surface area contributed by atoms with Crippen LogP contribution in [0.1, 0.15) is 28.6 Å². The van der Waals surface area contributed by atoms with Gasteiger partial charge in [0.2, 0.25) is 0 Å². The van der Waals surface area contributed by atoms with Crippen LogP contribution >= 0.6 is 0 Å². The maximum Gasteiger partial charge on any atom is 0.163 e. The van der Waals surface area contributed by atoms with E-state index in [1.807, 2.05) is 36.4 Å². The normalized spacial score (nSPS) is 12.0. The van der Waals surface area contributed by atoms with Gasteiger partial charge < -0.3 is 19.0 Å². The molecule has 0 aliphatic rings. The fraction of sp³-hybridized carbons (Fsp3) is 0.292. The van der Waals surface area contributed by atoms with E-state index in [-0.39, 0.29) is 12.4 Å². The summed E-state index contributed by atoms with van der Waals surface area (Å²) in [5.41, 5.74) is 1.57. The van der Waals surface area contributed by atoms with Crippen LogP contribution in [0.25, 0.3) is 0 Å². The minimum atomic E-state index is -0.745. The first-order valence-electron chi connectivity index (χ1n) is 9.83. The molecule has 2 aromatic carbocycles. The molecule has 0 saturated carbocycles. The molecule has 6 nitrogen and oxygen atoms in total. The van der Waals surface area contributed by atoms with Gasteiger partial charge in [0.25, 0.3) is 0 Å². The maximum atomic E-state index is 11.8. The summed E-state index contributed by atoms with van der Waals surface area (Å²) in [6, 6.07) is 18.6. The van der Waals surface area contributed by atoms with Gasteiger partial charge in [-0.2, -0.15) is 0 Å². The number of aliphatic hydroxyl groups excluding tert-OH is 1. The Morgan fingerprint density at radius 3 is 2.67 bits per heavy atom. The monoisotopic (exact) mass is 409 g/mol. The Balaban J connectivity index is 1.65. The molecule has 0 aliphatic carbocycles. The molecule has 0 bridgehead atoms. The van der Waals surface area contributed by atoms with E-state index < -0.39 is 6.10 Å². The Kier molecular flexibility index (Phi) is 7.65. The Morgan fingerprint density at radius 1 is 1.10 bits per heavy atom. The van der Waals surface area contributed by atoms with Gasteiger partial charge in [0.15, 0.2) is 5.78 Å². The molecular weight excluding hydrogens is 382 g/mol. The lowest BCUT2D eigenvalue weighted by atomic mass is 10.1. The molecule has 0 radical (unpaired) electrons. The van der Waals surface area contributed by atoms with Crippen LogP contribution in [0.4, 0.5) is 0 Å². The van der Waals surface area contributed by atoms with Gasteiger partial charge in [-0.15, -0.1) is 0 Å².